The number of ether oxygens (including phenoxy) is 1. The lowest BCUT2D eigenvalue weighted by molar-refractivity contribution is -0.141. The molecule has 0 spiro atoms. The Morgan fingerprint density at radius 3 is 2.93 bits per heavy atom. The smallest absolute Gasteiger partial charge is 0.307 e. The van der Waals surface area contributed by atoms with E-state index in [0.29, 0.717) is 13.0 Å². The van der Waals surface area contributed by atoms with Crippen molar-refractivity contribution in [1.82, 2.24) is 5.32 Å². The van der Waals surface area contributed by atoms with E-state index < -0.39 is 9.84 Å². The van der Waals surface area contributed by atoms with Gasteiger partial charge in [-0.1, -0.05) is 0 Å². The van der Waals surface area contributed by atoms with Crippen LogP contribution in [0.3, 0.4) is 0 Å². The summed E-state index contributed by atoms with van der Waals surface area (Å²) in [5.74, 6) is -0.139. The van der Waals surface area contributed by atoms with Crippen LogP contribution in [0.15, 0.2) is 0 Å². The Balaban J connectivity index is 2.56. The number of nitrogens with one attached hydrogen (secondary N) is 1. The van der Waals surface area contributed by atoms with Crippen LogP contribution < -0.4 is 5.32 Å². The van der Waals surface area contributed by atoms with Crippen LogP contribution in [-0.4, -0.2) is 45.6 Å². The Bertz CT molecular complexity index is 298. The fourth-order valence-corrected chi connectivity index (χ4v) is 3.06. The van der Waals surface area contributed by atoms with E-state index in [9.17, 15) is 13.2 Å². The second-order valence-electron chi connectivity index (χ2n) is 3.40. The molecule has 0 radical (unpaired) electrons. The normalized spacial score (nSPS) is 26.5. The molecule has 0 amide bonds. The summed E-state index contributed by atoms with van der Waals surface area (Å²) < 4.78 is 27.2. The van der Waals surface area contributed by atoms with Crippen molar-refractivity contribution in [2.45, 2.75) is 18.9 Å². The molecular formula is C8H15NO4S. The zero-order valence-corrected chi connectivity index (χ0v) is 8.97. The van der Waals surface area contributed by atoms with E-state index in [1.165, 1.54) is 7.11 Å². The van der Waals surface area contributed by atoms with Crippen molar-refractivity contribution in [1.29, 1.82) is 0 Å². The molecule has 0 aliphatic carbocycles. The van der Waals surface area contributed by atoms with E-state index in [4.69, 9.17) is 0 Å². The average molecular weight is 221 g/mol. The SMILES string of the molecule is COC(=O)CC1CS(=O)(=O)CCCN1. The molecule has 6 heteroatoms. The minimum Gasteiger partial charge on any atom is -0.469 e. The number of carbonyl (C=O) groups is 1. The second kappa shape index (κ2) is 4.75. The van der Waals surface area contributed by atoms with Gasteiger partial charge < -0.3 is 10.1 Å². The molecule has 0 aromatic carbocycles. The monoisotopic (exact) mass is 221 g/mol. The van der Waals surface area contributed by atoms with Gasteiger partial charge in [-0.05, 0) is 13.0 Å². The van der Waals surface area contributed by atoms with Crippen LogP contribution in [-0.2, 0) is 19.4 Å². The van der Waals surface area contributed by atoms with Gasteiger partial charge in [0.25, 0.3) is 0 Å². The van der Waals surface area contributed by atoms with Crippen molar-refractivity contribution in [3.63, 3.8) is 0 Å². The number of carbonyl (C=O) groups excluding carboxylic acids is 1. The highest BCUT2D eigenvalue weighted by Crippen LogP contribution is 2.06. The summed E-state index contributed by atoms with van der Waals surface area (Å²) in [5, 5.41) is 3.02. The molecule has 1 heterocycles. The minimum absolute atomic E-state index is 0.0299. The predicted octanol–water partition coefficient (Wildman–Crippen LogP) is -0.674. The Morgan fingerprint density at radius 1 is 1.57 bits per heavy atom. The van der Waals surface area contributed by atoms with Gasteiger partial charge in [0, 0.05) is 6.04 Å². The number of hydrogen-bond donors (Lipinski definition) is 1. The third kappa shape index (κ3) is 3.63. The first-order chi connectivity index (χ1) is 6.53. The maximum absolute atomic E-state index is 11.4. The van der Waals surface area contributed by atoms with Gasteiger partial charge in [0.2, 0.25) is 0 Å². The van der Waals surface area contributed by atoms with Gasteiger partial charge in [-0.25, -0.2) is 8.42 Å². The first-order valence-electron chi connectivity index (χ1n) is 4.54. The lowest BCUT2D eigenvalue weighted by Crippen LogP contribution is -2.35. The Kier molecular flexibility index (Phi) is 3.88. The van der Waals surface area contributed by atoms with Gasteiger partial charge in [-0.3, -0.25) is 4.79 Å². The van der Waals surface area contributed by atoms with Crippen molar-refractivity contribution < 1.29 is 17.9 Å². The molecule has 1 fully saturated rings. The zero-order valence-electron chi connectivity index (χ0n) is 8.15. The number of sulfone groups is 1. The van der Waals surface area contributed by atoms with E-state index in [0.717, 1.165) is 0 Å². The standard InChI is InChI=1S/C8H15NO4S/c1-13-8(10)5-7-6-14(11,12)4-2-3-9-7/h7,9H,2-6H2,1H3. The van der Waals surface area contributed by atoms with Crippen molar-refractivity contribution >= 4 is 15.8 Å². The highest BCUT2D eigenvalue weighted by molar-refractivity contribution is 7.91. The Morgan fingerprint density at radius 2 is 2.29 bits per heavy atom. The molecule has 82 valence electrons. The van der Waals surface area contributed by atoms with Crippen LogP contribution in [0, 0.1) is 0 Å². The van der Waals surface area contributed by atoms with Crippen molar-refractivity contribution in [3.8, 4) is 0 Å². The van der Waals surface area contributed by atoms with E-state index >= 15 is 0 Å². The molecule has 1 saturated heterocycles. The fraction of sp³-hybridized carbons (Fsp3) is 0.875. The molecule has 1 unspecified atom stereocenters. The van der Waals surface area contributed by atoms with E-state index in [2.05, 4.69) is 10.1 Å². The topological polar surface area (TPSA) is 72.5 Å². The number of rotatable bonds is 2. The molecule has 5 nitrogen and oxygen atoms in total. The van der Waals surface area contributed by atoms with Crippen LogP contribution in [0.4, 0.5) is 0 Å². The minimum atomic E-state index is -2.99. The summed E-state index contributed by atoms with van der Waals surface area (Å²) in [6.45, 7) is 0.640. The first-order valence-corrected chi connectivity index (χ1v) is 6.36. The van der Waals surface area contributed by atoms with Gasteiger partial charge in [-0.15, -0.1) is 0 Å². The van der Waals surface area contributed by atoms with Crippen LogP contribution in [0.5, 0.6) is 0 Å². The molecule has 0 aromatic rings. The highest BCUT2D eigenvalue weighted by Gasteiger charge is 2.24. The lowest BCUT2D eigenvalue weighted by atomic mass is 10.2. The largest absolute Gasteiger partial charge is 0.469 e. The third-order valence-electron chi connectivity index (χ3n) is 2.16. The zero-order chi connectivity index (χ0) is 10.6. The second-order valence-corrected chi connectivity index (χ2v) is 5.63. The Labute approximate surface area is 83.7 Å². The summed E-state index contributed by atoms with van der Waals surface area (Å²) in [4.78, 5) is 10.9. The van der Waals surface area contributed by atoms with Crippen LogP contribution in [0.1, 0.15) is 12.8 Å². The summed E-state index contributed by atoms with van der Waals surface area (Å²) in [5.41, 5.74) is 0. The lowest BCUT2D eigenvalue weighted by Gasteiger charge is -2.13. The summed E-state index contributed by atoms with van der Waals surface area (Å²) >= 11 is 0. The van der Waals surface area contributed by atoms with Gasteiger partial charge in [-0.2, -0.15) is 0 Å². The molecule has 0 aromatic heterocycles. The molecular weight excluding hydrogens is 206 g/mol. The maximum atomic E-state index is 11.4. The number of hydrogen-bond acceptors (Lipinski definition) is 5. The summed E-state index contributed by atoms with van der Waals surface area (Å²) in [6, 6.07) is -0.296. The van der Waals surface area contributed by atoms with Crippen molar-refractivity contribution in [2.75, 3.05) is 25.2 Å². The van der Waals surface area contributed by atoms with Crippen LogP contribution in [0.2, 0.25) is 0 Å². The van der Waals surface area contributed by atoms with Gasteiger partial charge in [0.1, 0.15) is 0 Å². The molecule has 0 saturated carbocycles. The fourth-order valence-electron chi connectivity index (χ4n) is 1.46. The first kappa shape index (κ1) is 11.5. The predicted molar refractivity (Wildman–Crippen MR) is 51.7 cm³/mol. The van der Waals surface area contributed by atoms with Gasteiger partial charge in [0.15, 0.2) is 9.84 Å². The molecule has 1 aliphatic heterocycles. The van der Waals surface area contributed by atoms with E-state index in [1.807, 2.05) is 0 Å². The maximum Gasteiger partial charge on any atom is 0.307 e. The Hall–Kier alpha value is -0.620. The molecule has 14 heavy (non-hydrogen) atoms. The van der Waals surface area contributed by atoms with Crippen LogP contribution >= 0.6 is 0 Å². The van der Waals surface area contributed by atoms with Gasteiger partial charge in [0.05, 0.1) is 25.0 Å². The van der Waals surface area contributed by atoms with E-state index in [-0.39, 0.29) is 29.9 Å². The highest BCUT2D eigenvalue weighted by atomic mass is 32.2. The summed E-state index contributed by atoms with van der Waals surface area (Å²) in [7, 11) is -1.69. The van der Waals surface area contributed by atoms with E-state index in [1.54, 1.807) is 0 Å². The van der Waals surface area contributed by atoms with Crippen molar-refractivity contribution in [3.05, 3.63) is 0 Å². The molecule has 1 rings (SSSR count). The molecule has 1 atom stereocenters. The molecule has 1 aliphatic rings. The average Bonchev–Trinajstić information content (AvgIpc) is 2.26. The molecule has 0 bridgehead atoms. The van der Waals surface area contributed by atoms with Crippen LogP contribution in [0.25, 0.3) is 0 Å². The quantitative estimate of drug-likeness (QED) is 0.626. The molecule has 1 N–H and O–H groups in total. The van der Waals surface area contributed by atoms with Crippen molar-refractivity contribution in [2.24, 2.45) is 0 Å². The third-order valence-corrected chi connectivity index (χ3v) is 3.98. The van der Waals surface area contributed by atoms with Gasteiger partial charge >= 0.3 is 5.97 Å². The summed E-state index contributed by atoms with van der Waals surface area (Å²) in [6.07, 6.45) is 0.732. The number of methoxy groups -OCH3 is 1. The number of esters is 1.